The Balaban J connectivity index is 0.00000243. The number of aromatic amines is 1. The molecule has 0 spiro atoms. The molecule has 5 nitrogen and oxygen atoms in total. The number of aliphatic imine (C=N–C) groups is 1. The van der Waals surface area contributed by atoms with Crippen LogP contribution in [0, 0.1) is 12.7 Å². The lowest BCUT2D eigenvalue weighted by Gasteiger charge is -2.11. The van der Waals surface area contributed by atoms with Crippen molar-refractivity contribution in [2.45, 2.75) is 19.8 Å². The molecule has 3 aromatic rings. The maximum Gasteiger partial charge on any atom is 0.190 e. The van der Waals surface area contributed by atoms with Gasteiger partial charge in [-0.2, -0.15) is 0 Å². The highest BCUT2D eigenvalue weighted by molar-refractivity contribution is 14.0. The quantitative estimate of drug-likeness (QED) is 0.283. The number of nitrogens with one attached hydrogen (secondary N) is 3. The highest BCUT2D eigenvalue weighted by atomic mass is 127. The van der Waals surface area contributed by atoms with Crippen molar-refractivity contribution in [1.82, 2.24) is 20.6 Å². The number of aryl methyl sites for hydroxylation is 1. The molecule has 0 unspecified atom stereocenters. The second-order valence-corrected chi connectivity index (χ2v) is 6.85. The molecular weight excluding hydrogens is 464 g/mol. The summed E-state index contributed by atoms with van der Waals surface area (Å²) in [7, 11) is 1.75. The molecule has 0 radical (unpaired) electrons. The van der Waals surface area contributed by atoms with Crippen molar-refractivity contribution < 1.29 is 4.39 Å². The highest BCUT2D eigenvalue weighted by Gasteiger charge is 2.05. The Labute approximate surface area is 173 Å². The third kappa shape index (κ3) is 5.41. The van der Waals surface area contributed by atoms with Crippen LogP contribution >= 0.6 is 35.3 Å². The van der Waals surface area contributed by atoms with Crippen molar-refractivity contribution in [3.63, 3.8) is 0 Å². The highest BCUT2D eigenvalue weighted by Crippen LogP contribution is 2.19. The number of hydrogen-bond donors (Lipinski definition) is 3. The summed E-state index contributed by atoms with van der Waals surface area (Å²) in [6, 6.07) is 4.81. The summed E-state index contributed by atoms with van der Waals surface area (Å²) in [5, 5.41) is 10.7. The van der Waals surface area contributed by atoms with E-state index in [1.165, 1.54) is 6.07 Å². The van der Waals surface area contributed by atoms with Crippen molar-refractivity contribution in [2.75, 3.05) is 20.1 Å². The molecular formula is C18H23FIN5S. The number of hydrogen-bond acceptors (Lipinski definition) is 3. The monoisotopic (exact) mass is 487 g/mol. The number of thiazole rings is 1. The topological polar surface area (TPSA) is 65.1 Å². The Morgan fingerprint density at radius 3 is 2.73 bits per heavy atom. The first-order chi connectivity index (χ1) is 12.2. The predicted molar refractivity (Wildman–Crippen MR) is 117 cm³/mol. The van der Waals surface area contributed by atoms with E-state index in [4.69, 9.17) is 0 Å². The lowest BCUT2D eigenvalue weighted by atomic mass is 10.1. The first-order valence-electron chi connectivity index (χ1n) is 8.27. The average molecular weight is 487 g/mol. The van der Waals surface area contributed by atoms with Gasteiger partial charge in [0.25, 0.3) is 0 Å². The molecule has 2 heterocycles. The van der Waals surface area contributed by atoms with Gasteiger partial charge in [-0.15, -0.1) is 35.3 Å². The van der Waals surface area contributed by atoms with Crippen LogP contribution in [0.4, 0.5) is 4.39 Å². The first kappa shape index (κ1) is 20.6. The summed E-state index contributed by atoms with van der Waals surface area (Å²) >= 11 is 1.67. The van der Waals surface area contributed by atoms with Crippen LogP contribution in [0.25, 0.3) is 10.9 Å². The molecule has 3 N–H and O–H groups in total. The van der Waals surface area contributed by atoms with Gasteiger partial charge in [0.15, 0.2) is 5.96 Å². The molecule has 26 heavy (non-hydrogen) atoms. The molecule has 0 amide bonds. The molecule has 8 heteroatoms. The number of rotatable bonds is 6. The van der Waals surface area contributed by atoms with Gasteiger partial charge in [-0.05, 0) is 37.1 Å². The van der Waals surface area contributed by atoms with Crippen LogP contribution < -0.4 is 10.6 Å². The van der Waals surface area contributed by atoms with Gasteiger partial charge < -0.3 is 15.6 Å². The lowest BCUT2D eigenvalue weighted by molar-refractivity contribution is 0.629. The largest absolute Gasteiger partial charge is 0.361 e. The van der Waals surface area contributed by atoms with Crippen LogP contribution in [0.1, 0.15) is 16.3 Å². The second-order valence-electron chi connectivity index (χ2n) is 5.79. The molecule has 0 aliphatic heterocycles. The minimum Gasteiger partial charge on any atom is -0.361 e. The van der Waals surface area contributed by atoms with Gasteiger partial charge in [0.1, 0.15) is 5.82 Å². The van der Waals surface area contributed by atoms with Gasteiger partial charge in [-0.25, -0.2) is 9.37 Å². The summed E-state index contributed by atoms with van der Waals surface area (Å²) in [4.78, 5) is 11.9. The fourth-order valence-electron chi connectivity index (χ4n) is 2.73. The van der Waals surface area contributed by atoms with Gasteiger partial charge >= 0.3 is 0 Å². The zero-order valence-electron chi connectivity index (χ0n) is 14.8. The van der Waals surface area contributed by atoms with E-state index in [9.17, 15) is 4.39 Å². The molecule has 0 bridgehead atoms. The van der Waals surface area contributed by atoms with Crippen molar-refractivity contribution in [3.05, 3.63) is 51.9 Å². The van der Waals surface area contributed by atoms with Crippen LogP contribution in [-0.2, 0) is 12.8 Å². The number of benzene rings is 1. The molecule has 0 saturated carbocycles. The van der Waals surface area contributed by atoms with Gasteiger partial charge in [0.2, 0.25) is 0 Å². The van der Waals surface area contributed by atoms with E-state index in [-0.39, 0.29) is 29.8 Å². The number of halogens is 2. The van der Waals surface area contributed by atoms with Gasteiger partial charge in [0, 0.05) is 49.0 Å². The molecule has 0 aliphatic rings. The molecule has 0 aliphatic carbocycles. The molecule has 1 aromatic carbocycles. The number of H-pyrrole nitrogens is 1. The Morgan fingerprint density at radius 1 is 1.27 bits per heavy atom. The van der Waals surface area contributed by atoms with E-state index >= 15 is 0 Å². The number of guanidine groups is 1. The van der Waals surface area contributed by atoms with Gasteiger partial charge in [-0.3, -0.25) is 4.99 Å². The van der Waals surface area contributed by atoms with Crippen LogP contribution in [0.3, 0.4) is 0 Å². The Hall–Kier alpha value is -1.68. The van der Waals surface area contributed by atoms with Gasteiger partial charge in [-0.1, -0.05) is 0 Å². The molecule has 140 valence electrons. The summed E-state index contributed by atoms with van der Waals surface area (Å²) in [6.07, 6.45) is 3.59. The van der Waals surface area contributed by atoms with Crippen LogP contribution in [0.2, 0.25) is 0 Å². The van der Waals surface area contributed by atoms with Gasteiger partial charge in [0.05, 0.1) is 10.7 Å². The fourth-order valence-corrected chi connectivity index (χ4v) is 3.37. The summed E-state index contributed by atoms with van der Waals surface area (Å²) in [5.41, 5.74) is 3.15. The third-order valence-electron chi connectivity index (χ3n) is 3.98. The summed E-state index contributed by atoms with van der Waals surface area (Å²) in [6.45, 7) is 3.51. The van der Waals surface area contributed by atoms with Crippen molar-refractivity contribution in [3.8, 4) is 0 Å². The van der Waals surface area contributed by atoms with Crippen molar-refractivity contribution in [2.24, 2.45) is 4.99 Å². The van der Waals surface area contributed by atoms with Crippen LogP contribution in [0.5, 0.6) is 0 Å². The lowest BCUT2D eigenvalue weighted by Crippen LogP contribution is -2.39. The predicted octanol–water partition coefficient (Wildman–Crippen LogP) is 3.64. The van der Waals surface area contributed by atoms with E-state index in [1.807, 2.05) is 13.1 Å². The normalized spacial score (nSPS) is 11.4. The van der Waals surface area contributed by atoms with E-state index in [2.05, 4.69) is 31.0 Å². The second kappa shape index (κ2) is 9.86. The molecule has 3 rings (SSSR count). The number of fused-ring (bicyclic) bond motifs is 1. The van der Waals surface area contributed by atoms with E-state index in [0.717, 1.165) is 59.1 Å². The average Bonchev–Trinajstić information content (AvgIpc) is 3.19. The zero-order valence-corrected chi connectivity index (χ0v) is 18.0. The number of aromatic nitrogens is 2. The van der Waals surface area contributed by atoms with Crippen LogP contribution in [0.15, 0.2) is 34.8 Å². The van der Waals surface area contributed by atoms with E-state index < -0.39 is 0 Å². The van der Waals surface area contributed by atoms with Crippen molar-refractivity contribution >= 4 is 52.2 Å². The molecule has 2 aromatic heterocycles. The first-order valence-corrected chi connectivity index (χ1v) is 9.14. The summed E-state index contributed by atoms with van der Waals surface area (Å²) < 4.78 is 13.4. The van der Waals surface area contributed by atoms with E-state index in [0.29, 0.717) is 0 Å². The number of nitrogens with zero attached hydrogens (tertiary/aromatic N) is 2. The standard InChI is InChI=1S/C18H22FN5S.HI/c1-12-24-15(11-25-12)6-8-22-18(20-2)21-7-5-13-10-23-17-4-3-14(19)9-16(13)17;/h3-4,9-11,23H,5-8H2,1-2H3,(H2,20,21,22);1H. The maximum atomic E-state index is 13.4. The fraction of sp³-hybridized carbons (Fsp3) is 0.333. The minimum absolute atomic E-state index is 0. The maximum absolute atomic E-state index is 13.4. The zero-order chi connectivity index (χ0) is 17.6. The third-order valence-corrected chi connectivity index (χ3v) is 4.80. The Bertz CT molecular complexity index is 873. The minimum atomic E-state index is -0.212. The Morgan fingerprint density at radius 2 is 2.04 bits per heavy atom. The Kier molecular flexibility index (Phi) is 7.83. The van der Waals surface area contributed by atoms with Crippen molar-refractivity contribution in [1.29, 1.82) is 0 Å². The smallest absolute Gasteiger partial charge is 0.190 e. The summed E-state index contributed by atoms with van der Waals surface area (Å²) in [5.74, 6) is 0.550. The molecule has 0 fully saturated rings. The SMILES string of the molecule is CN=C(NCCc1csc(C)n1)NCCc1c[nH]c2ccc(F)cc12.I. The van der Waals surface area contributed by atoms with E-state index in [1.54, 1.807) is 30.5 Å². The van der Waals surface area contributed by atoms with Crippen LogP contribution in [-0.4, -0.2) is 36.1 Å². The molecule has 0 atom stereocenters. The molecule has 0 saturated heterocycles.